The molecule has 2 rings (SSSR count). The molecule has 96 valence electrons. The van der Waals surface area contributed by atoms with Crippen molar-refractivity contribution in [2.45, 2.75) is 12.5 Å². The van der Waals surface area contributed by atoms with Crippen LogP contribution in [-0.4, -0.2) is 40.2 Å². The van der Waals surface area contributed by atoms with Gasteiger partial charge in [-0.3, -0.25) is 10.1 Å². The molecular formula is C11H13N3O4. The quantitative estimate of drug-likeness (QED) is 0.609. The summed E-state index contributed by atoms with van der Waals surface area (Å²) in [6.07, 6.45) is 0.112. The molecule has 1 aromatic carbocycles. The van der Waals surface area contributed by atoms with Crippen LogP contribution >= 0.6 is 0 Å². The van der Waals surface area contributed by atoms with Crippen LogP contribution < -0.4 is 5.32 Å². The molecule has 1 fully saturated rings. The highest BCUT2D eigenvalue weighted by Gasteiger charge is 2.24. The molecule has 0 aromatic heterocycles. The lowest BCUT2D eigenvalue weighted by Crippen LogP contribution is -2.33. The van der Waals surface area contributed by atoms with Crippen LogP contribution in [-0.2, 0) is 0 Å². The van der Waals surface area contributed by atoms with Crippen molar-refractivity contribution in [1.82, 2.24) is 4.90 Å². The van der Waals surface area contributed by atoms with Crippen molar-refractivity contribution in [3.8, 4) is 0 Å². The summed E-state index contributed by atoms with van der Waals surface area (Å²) in [5.74, 6) is 0. The highest BCUT2D eigenvalue weighted by molar-refractivity contribution is 5.89. The van der Waals surface area contributed by atoms with Gasteiger partial charge in [-0.1, -0.05) is 0 Å². The number of rotatable bonds is 2. The number of nitrogens with zero attached hydrogens (tertiary/aromatic N) is 2. The van der Waals surface area contributed by atoms with Crippen LogP contribution in [0, 0.1) is 10.1 Å². The Hall–Kier alpha value is -2.15. The second-order valence-electron chi connectivity index (χ2n) is 4.12. The van der Waals surface area contributed by atoms with Gasteiger partial charge in [0.1, 0.15) is 0 Å². The van der Waals surface area contributed by atoms with Crippen molar-refractivity contribution in [1.29, 1.82) is 0 Å². The van der Waals surface area contributed by atoms with E-state index in [1.165, 1.54) is 29.2 Å². The molecule has 7 heteroatoms. The first-order chi connectivity index (χ1) is 8.56. The number of non-ortho nitro benzene ring substituents is 1. The first-order valence-electron chi connectivity index (χ1n) is 5.55. The predicted molar refractivity (Wildman–Crippen MR) is 64.3 cm³/mol. The van der Waals surface area contributed by atoms with Crippen LogP contribution in [0.4, 0.5) is 16.2 Å². The summed E-state index contributed by atoms with van der Waals surface area (Å²) in [5.41, 5.74) is 0.469. The van der Waals surface area contributed by atoms with Crippen LogP contribution in [0.5, 0.6) is 0 Å². The van der Waals surface area contributed by atoms with E-state index in [2.05, 4.69) is 5.32 Å². The molecule has 2 amide bonds. The Morgan fingerprint density at radius 3 is 2.61 bits per heavy atom. The van der Waals surface area contributed by atoms with E-state index in [1.54, 1.807) is 0 Å². The fourth-order valence-electron chi connectivity index (χ4n) is 1.80. The SMILES string of the molecule is O=C(Nc1ccc([N+](=O)[O-])cc1)N1CC[C@H](O)C1. The minimum atomic E-state index is -0.498. The van der Waals surface area contributed by atoms with Crippen molar-refractivity contribution in [3.05, 3.63) is 34.4 Å². The first-order valence-corrected chi connectivity index (χ1v) is 5.55. The van der Waals surface area contributed by atoms with Crippen LogP contribution in [0.1, 0.15) is 6.42 Å². The van der Waals surface area contributed by atoms with Crippen molar-refractivity contribution in [2.24, 2.45) is 0 Å². The maximum absolute atomic E-state index is 11.7. The number of nitrogens with one attached hydrogen (secondary N) is 1. The molecule has 18 heavy (non-hydrogen) atoms. The molecule has 1 atom stereocenters. The van der Waals surface area contributed by atoms with E-state index >= 15 is 0 Å². The summed E-state index contributed by atoms with van der Waals surface area (Å²) in [7, 11) is 0. The lowest BCUT2D eigenvalue weighted by Gasteiger charge is -2.16. The van der Waals surface area contributed by atoms with E-state index in [1.807, 2.05) is 0 Å². The first kappa shape index (κ1) is 12.3. The van der Waals surface area contributed by atoms with Crippen molar-refractivity contribution in [2.75, 3.05) is 18.4 Å². The number of carbonyl (C=O) groups excluding carboxylic acids is 1. The Labute approximate surface area is 103 Å². The average Bonchev–Trinajstić information content (AvgIpc) is 2.76. The van der Waals surface area contributed by atoms with Gasteiger partial charge in [-0.15, -0.1) is 0 Å². The van der Waals surface area contributed by atoms with E-state index in [0.29, 0.717) is 25.2 Å². The molecule has 1 aliphatic rings. The molecule has 1 aliphatic heterocycles. The molecular weight excluding hydrogens is 238 g/mol. The third kappa shape index (κ3) is 2.75. The summed E-state index contributed by atoms with van der Waals surface area (Å²) >= 11 is 0. The van der Waals surface area contributed by atoms with Gasteiger partial charge in [-0.2, -0.15) is 0 Å². The number of hydrogen-bond acceptors (Lipinski definition) is 4. The van der Waals surface area contributed by atoms with Gasteiger partial charge in [0, 0.05) is 30.9 Å². The zero-order chi connectivity index (χ0) is 13.1. The second kappa shape index (κ2) is 5.01. The molecule has 1 saturated heterocycles. The van der Waals surface area contributed by atoms with Gasteiger partial charge in [0.15, 0.2) is 0 Å². The summed E-state index contributed by atoms with van der Waals surface area (Å²) in [5, 5.41) is 22.4. The van der Waals surface area contributed by atoms with Gasteiger partial charge < -0.3 is 15.3 Å². The number of benzene rings is 1. The Kier molecular flexibility index (Phi) is 3.42. The van der Waals surface area contributed by atoms with Crippen LogP contribution in [0.2, 0.25) is 0 Å². The largest absolute Gasteiger partial charge is 0.391 e. The maximum atomic E-state index is 11.7. The molecule has 0 bridgehead atoms. The number of aliphatic hydroxyl groups is 1. The number of amides is 2. The minimum absolute atomic E-state index is 0.0235. The number of nitro benzene ring substituents is 1. The second-order valence-corrected chi connectivity index (χ2v) is 4.12. The zero-order valence-corrected chi connectivity index (χ0v) is 9.57. The van der Waals surface area contributed by atoms with Gasteiger partial charge in [-0.25, -0.2) is 4.79 Å². The molecule has 7 nitrogen and oxygen atoms in total. The fourth-order valence-corrected chi connectivity index (χ4v) is 1.80. The molecule has 1 heterocycles. The van der Waals surface area contributed by atoms with Crippen LogP contribution in [0.15, 0.2) is 24.3 Å². The number of β-amino-alcohol motifs (C(OH)–C–C–N with tert-alkyl or cyclic N) is 1. The Morgan fingerprint density at radius 2 is 2.11 bits per heavy atom. The number of aliphatic hydroxyl groups excluding tert-OH is 1. The predicted octanol–water partition coefficient (Wildman–Crippen LogP) is 1.19. The lowest BCUT2D eigenvalue weighted by atomic mass is 10.3. The molecule has 0 saturated carbocycles. The monoisotopic (exact) mass is 251 g/mol. The van der Waals surface area contributed by atoms with E-state index in [0.717, 1.165) is 0 Å². The fraction of sp³-hybridized carbons (Fsp3) is 0.364. The smallest absolute Gasteiger partial charge is 0.321 e. The van der Waals surface area contributed by atoms with Gasteiger partial charge in [-0.05, 0) is 18.6 Å². The van der Waals surface area contributed by atoms with E-state index in [9.17, 15) is 20.0 Å². The number of likely N-dealkylation sites (tertiary alicyclic amines) is 1. The molecule has 0 aliphatic carbocycles. The van der Waals surface area contributed by atoms with Crippen LogP contribution in [0.3, 0.4) is 0 Å². The normalized spacial score (nSPS) is 18.7. The summed E-state index contributed by atoms with van der Waals surface area (Å²) in [6, 6.07) is 5.30. The summed E-state index contributed by atoms with van der Waals surface area (Å²) < 4.78 is 0. The van der Waals surface area contributed by atoms with Gasteiger partial charge in [0.05, 0.1) is 11.0 Å². The molecule has 2 N–H and O–H groups in total. The van der Waals surface area contributed by atoms with Gasteiger partial charge in [0.2, 0.25) is 0 Å². The minimum Gasteiger partial charge on any atom is -0.391 e. The number of hydrogen-bond donors (Lipinski definition) is 2. The van der Waals surface area contributed by atoms with E-state index in [4.69, 9.17) is 0 Å². The third-order valence-electron chi connectivity index (χ3n) is 2.78. The Bertz CT molecular complexity index is 460. The highest BCUT2D eigenvalue weighted by atomic mass is 16.6. The van der Waals surface area contributed by atoms with Gasteiger partial charge >= 0.3 is 6.03 Å². The number of nitro groups is 1. The highest BCUT2D eigenvalue weighted by Crippen LogP contribution is 2.17. The van der Waals surface area contributed by atoms with E-state index < -0.39 is 11.0 Å². The Morgan fingerprint density at radius 1 is 1.44 bits per heavy atom. The molecule has 1 aromatic rings. The maximum Gasteiger partial charge on any atom is 0.321 e. The average molecular weight is 251 g/mol. The summed E-state index contributed by atoms with van der Waals surface area (Å²) in [6.45, 7) is 0.832. The number of anilines is 1. The van der Waals surface area contributed by atoms with Crippen molar-refractivity contribution < 1.29 is 14.8 Å². The summed E-state index contributed by atoms with van der Waals surface area (Å²) in [4.78, 5) is 23.2. The number of urea groups is 1. The standard InChI is InChI=1S/C11H13N3O4/c15-10-5-6-13(7-10)11(16)12-8-1-3-9(4-2-8)14(17)18/h1-4,10,15H,5-7H2,(H,12,16)/t10-/m0/s1. The van der Waals surface area contributed by atoms with Crippen molar-refractivity contribution >= 4 is 17.4 Å². The molecule has 0 unspecified atom stereocenters. The van der Waals surface area contributed by atoms with E-state index in [-0.39, 0.29) is 11.7 Å². The van der Waals surface area contributed by atoms with Gasteiger partial charge in [0.25, 0.3) is 5.69 Å². The van der Waals surface area contributed by atoms with Crippen LogP contribution in [0.25, 0.3) is 0 Å². The Balaban J connectivity index is 1.97. The number of carbonyl (C=O) groups is 1. The molecule has 0 spiro atoms. The zero-order valence-electron chi connectivity index (χ0n) is 9.57. The third-order valence-corrected chi connectivity index (χ3v) is 2.78. The van der Waals surface area contributed by atoms with Crippen molar-refractivity contribution in [3.63, 3.8) is 0 Å². The topological polar surface area (TPSA) is 95.7 Å². The molecule has 0 radical (unpaired) electrons. The lowest BCUT2D eigenvalue weighted by molar-refractivity contribution is -0.384.